The molecule has 2 fully saturated rings. The fourth-order valence-corrected chi connectivity index (χ4v) is 3.32. The Bertz CT molecular complexity index is 205. The van der Waals surface area contributed by atoms with Crippen LogP contribution in [0.25, 0.3) is 0 Å². The van der Waals surface area contributed by atoms with Crippen molar-refractivity contribution in [2.45, 2.75) is 70.3 Å². The van der Waals surface area contributed by atoms with Gasteiger partial charge in [-0.15, -0.1) is 0 Å². The van der Waals surface area contributed by atoms with Crippen LogP contribution in [0.2, 0.25) is 0 Å². The van der Waals surface area contributed by atoms with Gasteiger partial charge in [0, 0.05) is 18.8 Å². The first-order chi connectivity index (χ1) is 8.29. The van der Waals surface area contributed by atoms with Crippen LogP contribution in [-0.2, 0) is 4.74 Å². The molecule has 1 heterocycles. The van der Waals surface area contributed by atoms with Crippen LogP contribution < -0.4 is 5.32 Å². The van der Waals surface area contributed by atoms with E-state index in [1.807, 2.05) is 0 Å². The maximum Gasteiger partial charge on any atom is 0.0468 e. The second-order valence-corrected chi connectivity index (χ2v) is 6.25. The second-order valence-electron chi connectivity index (χ2n) is 6.25. The minimum atomic E-state index is 0.471. The third-order valence-corrected chi connectivity index (χ3v) is 4.64. The van der Waals surface area contributed by atoms with Gasteiger partial charge in [0.05, 0.1) is 0 Å². The maximum absolute atomic E-state index is 5.40. The monoisotopic (exact) mass is 239 g/mol. The lowest BCUT2D eigenvalue weighted by Crippen LogP contribution is -2.39. The predicted molar refractivity (Wildman–Crippen MR) is 72.3 cm³/mol. The molecule has 0 spiro atoms. The number of hydrogen-bond donors (Lipinski definition) is 1. The molecule has 0 radical (unpaired) electrons. The van der Waals surface area contributed by atoms with Gasteiger partial charge in [-0.3, -0.25) is 0 Å². The summed E-state index contributed by atoms with van der Waals surface area (Å²) in [5.74, 6) is 0.950. The van der Waals surface area contributed by atoms with Crippen molar-refractivity contribution in [3.63, 3.8) is 0 Å². The van der Waals surface area contributed by atoms with Gasteiger partial charge in [-0.25, -0.2) is 0 Å². The van der Waals surface area contributed by atoms with E-state index in [1.165, 1.54) is 64.3 Å². The Kier molecular flexibility index (Phi) is 5.30. The second kappa shape index (κ2) is 6.75. The molecule has 2 aliphatic rings. The Morgan fingerprint density at radius 3 is 2.53 bits per heavy atom. The van der Waals surface area contributed by atoms with Crippen molar-refractivity contribution in [1.82, 2.24) is 5.32 Å². The lowest BCUT2D eigenvalue weighted by molar-refractivity contribution is 0.0631. The fourth-order valence-electron chi connectivity index (χ4n) is 3.32. The van der Waals surface area contributed by atoms with E-state index in [0.29, 0.717) is 5.54 Å². The topological polar surface area (TPSA) is 21.3 Å². The van der Waals surface area contributed by atoms with Crippen molar-refractivity contribution < 1.29 is 4.74 Å². The summed E-state index contributed by atoms with van der Waals surface area (Å²) in [6.07, 6.45) is 12.4. The molecule has 2 nitrogen and oxygen atoms in total. The summed E-state index contributed by atoms with van der Waals surface area (Å²) in [7, 11) is 0. The summed E-state index contributed by atoms with van der Waals surface area (Å²) in [5.41, 5.74) is 0.471. The molecule has 1 N–H and O–H groups in total. The summed E-state index contributed by atoms with van der Waals surface area (Å²) in [5, 5.41) is 3.77. The van der Waals surface area contributed by atoms with Crippen LogP contribution in [0, 0.1) is 5.92 Å². The average molecular weight is 239 g/mol. The van der Waals surface area contributed by atoms with Gasteiger partial charge in [-0.1, -0.05) is 25.7 Å². The van der Waals surface area contributed by atoms with Crippen LogP contribution >= 0.6 is 0 Å². The van der Waals surface area contributed by atoms with Crippen molar-refractivity contribution in [2.24, 2.45) is 5.92 Å². The molecule has 2 heteroatoms. The minimum Gasteiger partial charge on any atom is -0.381 e. The zero-order valence-corrected chi connectivity index (χ0v) is 11.5. The molecule has 0 aromatic heterocycles. The first kappa shape index (κ1) is 13.4. The SMILES string of the molecule is CC1(NCCCCC2CCOCC2)CCCC1. The average Bonchev–Trinajstić information content (AvgIpc) is 2.77. The number of unbranched alkanes of at least 4 members (excludes halogenated alkanes) is 1. The molecule has 1 saturated heterocycles. The van der Waals surface area contributed by atoms with E-state index in [0.717, 1.165) is 19.1 Å². The molecule has 0 bridgehead atoms. The van der Waals surface area contributed by atoms with Gasteiger partial charge in [-0.2, -0.15) is 0 Å². The molecule has 0 atom stereocenters. The highest BCUT2D eigenvalue weighted by atomic mass is 16.5. The molecule has 1 aliphatic heterocycles. The molecular weight excluding hydrogens is 210 g/mol. The summed E-state index contributed by atoms with van der Waals surface area (Å²) in [4.78, 5) is 0. The van der Waals surface area contributed by atoms with Gasteiger partial charge in [0.1, 0.15) is 0 Å². The molecule has 1 saturated carbocycles. The fraction of sp³-hybridized carbons (Fsp3) is 1.00. The van der Waals surface area contributed by atoms with E-state index in [-0.39, 0.29) is 0 Å². The van der Waals surface area contributed by atoms with Gasteiger partial charge in [-0.05, 0) is 51.5 Å². The van der Waals surface area contributed by atoms with E-state index in [1.54, 1.807) is 0 Å². The van der Waals surface area contributed by atoms with Crippen LogP contribution in [-0.4, -0.2) is 25.3 Å². The largest absolute Gasteiger partial charge is 0.381 e. The highest BCUT2D eigenvalue weighted by Crippen LogP contribution is 2.28. The van der Waals surface area contributed by atoms with Crippen molar-refractivity contribution >= 4 is 0 Å². The van der Waals surface area contributed by atoms with Gasteiger partial charge in [0.2, 0.25) is 0 Å². The standard InChI is InChI=1S/C15H29NO/c1-15(9-3-4-10-15)16-11-5-2-6-14-7-12-17-13-8-14/h14,16H,2-13H2,1H3. The summed E-state index contributed by atoms with van der Waals surface area (Å²) < 4.78 is 5.40. The van der Waals surface area contributed by atoms with Crippen LogP contribution in [0.3, 0.4) is 0 Å². The third-order valence-electron chi connectivity index (χ3n) is 4.64. The van der Waals surface area contributed by atoms with E-state index in [4.69, 9.17) is 4.74 Å². The van der Waals surface area contributed by atoms with E-state index in [2.05, 4.69) is 12.2 Å². The van der Waals surface area contributed by atoms with E-state index < -0.39 is 0 Å². The highest BCUT2D eigenvalue weighted by molar-refractivity contribution is 4.87. The lowest BCUT2D eigenvalue weighted by Gasteiger charge is -2.26. The van der Waals surface area contributed by atoms with Crippen molar-refractivity contribution in [3.8, 4) is 0 Å². The van der Waals surface area contributed by atoms with E-state index in [9.17, 15) is 0 Å². The Morgan fingerprint density at radius 1 is 1.12 bits per heavy atom. The molecule has 0 aromatic rings. The summed E-state index contributed by atoms with van der Waals surface area (Å²) >= 11 is 0. The highest BCUT2D eigenvalue weighted by Gasteiger charge is 2.27. The third kappa shape index (κ3) is 4.59. The van der Waals surface area contributed by atoms with Gasteiger partial charge >= 0.3 is 0 Å². The summed E-state index contributed by atoms with van der Waals surface area (Å²) in [6, 6.07) is 0. The number of rotatable bonds is 6. The molecule has 17 heavy (non-hydrogen) atoms. The van der Waals surface area contributed by atoms with Crippen molar-refractivity contribution in [2.75, 3.05) is 19.8 Å². The number of nitrogens with one attached hydrogen (secondary N) is 1. The molecular formula is C15H29NO. The number of ether oxygens (including phenoxy) is 1. The van der Waals surface area contributed by atoms with Crippen LogP contribution in [0.1, 0.15) is 64.7 Å². The quantitative estimate of drug-likeness (QED) is 0.716. The molecule has 2 rings (SSSR count). The Morgan fingerprint density at radius 2 is 1.82 bits per heavy atom. The zero-order chi connectivity index (χ0) is 12.0. The van der Waals surface area contributed by atoms with Gasteiger partial charge in [0.15, 0.2) is 0 Å². The zero-order valence-electron chi connectivity index (χ0n) is 11.5. The Labute approximate surface area is 107 Å². The van der Waals surface area contributed by atoms with Crippen molar-refractivity contribution in [3.05, 3.63) is 0 Å². The first-order valence-corrected chi connectivity index (χ1v) is 7.61. The predicted octanol–water partition coefficient (Wildman–Crippen LogP) is 3.51. The smallest absolute Gasteiger partial charge is 0.0468 e. The van der Waals surface area contributed by atoms with Gasteiger partial charge in [0.25, 0.3) is 0 Å². The number of hydrogen-bond acceptors (Lipinski definition) is 2. The normalized spacial score (nSPS) is 25.2. The lowest BCUT2D eigenvalue weighted by atomic mass is 9.94. The van der Waals surface area contributed by atoms with Crippen LogP contribution in [0.15, 0.2) is 0 Å². The molecule has 0 amide bonds. The maximum atomic E-state index is 5.40. The Balaban J connectivity index is 1.48. The summed E-state index contributed by atoms with van der Waals surface area (Å²) in [6.45, 7) is 5.63. The molecule has 1 aliphatic carbocycles. The first-order valence-electron chi connectivity index (χ1n) is 7.61. The van der Waals surface area contributed by atoms with E-state index >= 15 is 0 Å². The van der Waals surface area contributed by atoms with Gasteiger partial charge < -0.3 is 10.1 Å². The van der Waals surface area contributed by atoms with Crippen LogP contribution in [0.5, 0.6) is 0 Å². The molecule has 0 aromatic carbocycles. The Hall–Kier alpha value is -0.0800. The minimum absolute atomic E-state index is 0.471. The van der Waals surface area contributed by atoms with Crippen molar-refractivity contribution in [1.29, 1.82) is 0 Å². The molecule has 100 valence electrons. The molecule has 0 unspecified atom stereocenters. The van der Waals surface area contributed by atoms with Crippen LogP contribution in [0.4, 0.5) is 0 Å².